The van der Waals surface area contributed by atoms with E-state index in [-0.39, 0.29) is 11.5 Å². The molecule has 1 N–H and O–H groups in total. The van der Waals surface area contributed by atoms with Crippen molar-refractivity contribution >= 4 is 11.9 Å². The molecule has 1 unspecified atom stereocenters. The van der Waals surface area contributed by atoms with Crippen molar-refractivity contribution < 1.29 is 4.79 Å². The lowest BCUT2D eigenvalue weighted by molar-refractivity contribution is 0.0763. The van der Waals surface area contributed by atoms with Gasteiger partial charge in [0.2, 0.25) is 5.95 Å². The monoisotopic (exact) mass is 410 g/mol. The second-order valence-electron chi connectivity index (χ2n) is 8.23. The van der Waals surface area contributed by atoms with Gasteiger partial charge in [0.25, 0.3) is 11.5 Å². The van der Waals surface area contributed by atoms with Gasteiger partial charge in [-0.15, -0.1) is 0 Å². The van der Waals surface area contributed by atoms with E-state index in [1.165, 1.54) is 0 Å². The van der Waals surface area contributed by atoms with Crippen LogP contribution < -0.4 is 15.8 Å². The third-order valence-electron chi connectivity index (χ3n) is 6.06. The quantitative estimate of drug-likeness (QED) is 0.818. The normalized spacial score (nSPS) is 20.1. The van der Waals surface area contributed by atoms with Gasteiger partial charge in [0.05, 0.1) is 0 Å². The summed E-state index contributed by atoms with van der Waals surface area (Å²) in [5.74, 6) is 0.954. The van der Waals surface area contributed by atoms with Gasteiger partial charge >= 0.3 is 0 Å². The molecule has 0 radical (unpaired) electrons. The van der Waals surface area contributed by atoms with Gasteiger partial charge in [0.15, 0.2) is 0 Å². The lowest BCUT2D eigenvalue weighted by atomic mass is 9.99. The summed E-state index contributed by atoms with van der Waals surface area (Å²) in [4.78, 5) is 39.1. The third kappa shape index (κ3) is 4.53. The van der Waals surface area contributed by atoms with Gasteiger partial charge in [0.1, 0.15) is 5.56 Å². The number of anilines is 1. The number of carbonyl (C=O) groups is 1. The number of pyridine rings is 1. The number of amides is 1. The standard InChI is InChI=1S/C22H30N6O2/c1-17-6-12-28(16-18-5-2-7-23-15-18)21(30)19(17)20(29)26-10-4-11-27(14-13-26)22-24-8-3-9-25-22/h3,6,8-9,12,18,23H,2,4-5,7,10-11,13-16H2,1H3. The summed E-state index contributed by atoms with van der Waals surface area (Å²) in [6, 6.07) is 3.69. The Morgan fingerprint density at radius 1 is 1.17 bits per heavy atom. The molecule has 8 nitrogen and oxygen atoms in total. The molecule has 0 spiro atoms. The molecule has 4 rings (SSSR count). The van der Waals surface area contributed by atoms with Crippen LogP contribution in [-0.2, 0) is 6.54 Å². The zero-order valence-electron chi connectivity index (χ0n) is 17.6. The van der Waals surface area contributed by atoms with Crippen LogP contribution in [0.15, 0.2) is 35.5 Å². The highest BCUT2D eigenvalue weighted by Gasteiger charge is 2.25. The first-order valence-electron chi connectivity index (χ1n) is 10.9. The summed E-state index contributed by atoms with van der Waals surface area (Å²) >= 11 is 0. The highest BCUT2D eigenvalue weighted by molar-refractivity contribution is 5.95. The fraction of sp³-hybridized carbons (Fsp3) is 0.545. The van der Waals surface area contributed by atoms with E-state index < -0.39 is 0 Å². The summed E-state index contributed by atoms with van der Waals surface area (Å²) in [6.45, 7) is 7.11. The van der Waals surface area contributed by atoms with Gasteiger partial charge in [-0.3, -0.25) is 9.59 Å². The van der Waals surface area contributed by atoms with Crippen molar-refractivity contribution in [3.05, 3.63) is 52.2 Å². The van der Waals surface area contributed by atoms with Gasteiger partial charge in [-0.25, -0.2) is 9.97 Å². The lowest BCUT2D eigenvalue weighted by Crippen LogP contribution is -2.41. The highest BCUT2D eigenvalue weighted by atomic mass is 16.2. The molecule has 0 aromatic carbocycles. The van der Waals surface area contributed by atoms with Crippen molar-refractivity contribution in [1.29, 1.82) is 0 Å². The van der Waals surface area contributed by atoms with E-state index in [1.54, 1.807) is 27.9 Å². The predicted molar refractivity (Wildman–Crippen MR) is 116 cm³/mol. The van der Waals surface area contributed by atoms with E-state index in [0.29, 0.717) is 43.6 Å². The van der Waals surface area contributed by atoms with E-state index >= 15 is 0 Å². The Morgan fingerprint density at radius 2 is 2.00 bits per heavy atom. The summed E-state index contributed by atoms with van der Waals surface area (Å²) < 4.78 is 1.72. The number of hydrogen-bond donors (Lipinski definition) is 1. The average Bonchev–Trinajstić information content (AvgIpc) is 3.03. The summed E-state index contributed by atoms with van der Waals surface area (Å²) in [5.41, 5.74) is 0.888. The molecular formula is C22H30N6O2. The first-order chi connectivity index (χ1) is 14.6. The summed E-state index contributed by atoms with van der Waals surface area (Å²) in [6.07, 6.45) is 8.35. The van der Waals surface area contributed by atoms with Crippen molar-refractivity contribution in [2.75, 3.05) is 44.2 Å². The Labute approximate surface area is 176 Å². The molecule has 160 valence electrons. The predicted octanol–water partition coefficient (Wildman–Crippen LogP) is 1.30. The maximum atomic E-state index is 13.3. The SMILES string of the molecule is Cc1ccn(CC2CCCNC2)c(=O)c1C(=O)N1CCCN(c2ncccn2)CC1. The molecule has 1 amide bonds. The van der Waals surface area contributed by atoms with Crippen LogP contribution in [0.25, 0.3) is 0 Å². The molecule has 8 heteroatoms. The Hall–Kier alpha value is -2.74. The Morgan fingerprint density at radius 3 is 2.77 bits per heavy atom. The Kier molecular flexibility index (Phi) is 6.42. The van der Waals surface area contributed by atoms with Crippen molar-refractivity contribution in [1.82, 2.24) is 24.8 Å². The Bertz CT molecular complexity index is 923. The zero-order valence-corrected chi connectivity index (χ0v) is 17.6. The van der Waals surface area contributed by atoms with Crippen molar-refractivity contribution in [3.63, 3.8) is 0 Å². The molecule has 30 heavy (non-hydrogen) atoms. The van der Waals surface area contributed by atoms with E-state index in [2.05, 4.69) is 20.2 Å². The van der Waals surface area contributed by atoms with E-state index in [1.807, 2.05) is 19.2 Å². The largest absolute Gasteiger partial charge is 0.339 e. The van der Waals surface area contributed by atoms with Crippen LogP contribution in [0.1, 0.15) is 35.2 Å². The lowest BCUT2D eigenvalue weighted by Gasteiger charge is -2.25. The smallest absolute Gasteiger partial charge is 0.263 e. The number of aromatic nitrogens is 3. The third-order valence-corrected chi connectivity index (χ3v) is 6.06. The number of piperidine rings is 1. The van der Waals surface area contributed by atoms with Gasteiger partial charge in [-0.1, -0.05) is 0 Å². The second kappa shape index (κ2) is 9.38. The fourth-order valence-electron chi connectivity index (χ4n) is 4.36. The molecule has 2 saturated heterocycles. The minimum Gasteiger partial charge on any atom is -0.339 e. The van der Waals surface area contributed by atoms with Crippen molar-refractivity contribution in [2.24, 2.45) is 5.92 Å². The van der Waals surface area contributed by atoms with Crippen LogP contribution in [0, 0.1) is 12.8 Å². The molecule has 0 saturated carbocycles. The molecule has 2 aliphatic rings. The number of rotatable bonds is 4. The van der Waals surface area contributed by atoms with Crippen LogP contribution in [0.4, 0.5) is 5.95 Å². The van der Waals surface area contributed by atoms with Gasteiger partial charge < -0.3 is 19.7 Å². The van der Waals surface area contributed by atoms with E-state index in [0.717, 1.165) is 44.5 Å². The number of carbonyl (C=O) groups excluding carboxylic acids is 1. The second-order valence-corrected chi connectivity index (χ2v) is 8.23. The van der Waals surface area contributed by atoms with Crippen LogP contribution >= 0.6 is 0 Å². The maximum absolute atomic E-state index is 13.3. The Balaban J connectivity index is 1.49. The molecule has 0 aliphatic carbocycles. The zero-order chi connectivity index (χ0) is 20.9. The minimum atomic E-state index is -0.168. The van der Waals surface area contributed by atoms with E-state index in [4.69, 9.17) is 0 Å². The number of nitrogens with one attached hydrogen (secondary N) is 1. The number of aryl methyl sites for hydroxylation is 1. The van der Waals surface area contributed by atoms with Crippen LogP contribution in [-0.4, -0.2) is 64.6 Å². The summed E-state index contributed by atoms with van der Waals surface area (Å²) in [5, 5.41) is 3.39. The average molecular weight is 411 g/mol. The molecule has 2 aromatic rings. The molecular weight excluding hydrogens is 380 g/mol. The van der Waals surface area contributed by atoms with Crippen molar-refractivity contribution in [3.8, 4) is 0 Å². The van der Waals surface area contributed by atoms with E-state index in [9.17, 15) is 9.59 Å². The topological polar surface area (TPSA) is 83.4 Å². The fourth-order valence-corrected chi connectivity index (χ4v) is 4.36. The molecule has 1 atom stereocenters. The van der Waals surface area contributed by atoms with Gasteiger partial charge in [-0.2, -0.15) is 0 Å². The molecule has 0 bridgehead atoms. The highest BCUT2D eigenvalue weighted by Crippen LogP contribution is 2.15. The number of nitrogens with zero attached hydrogens (tertiary/aromatic N) is 5. The molecule has 4 heterocycles. The molecule has 2 aliphatic heterocycles. The van der Waals surface area contributed by atoms with Crippen LogP contribution in [0.2, 0.25) is 0 Å². The summed E-state index contributed by atoms with van der Waals surface area (Å²) in [7, 11) is 0. The number of hydrogen-bond acceptors (Lipinski definition) is 6. The maximum Gasteiger partial charge on any atom is 0.263 e. The van der Waals surface area contributed by atoms with Crippen molar-refractivity contribution in [2.45, 2.75) is 32.7 Å². The first-order valence-corrected chi connectivity index (χ1v) is 10.9. The molecule has 2 aromatic heterocycles. The first kappa shape index (κ1) is 20.5. The van der Waals surface area contributed by atoms with Gasteiger partial charge in [-0.05, 0) is 62.9 Å². The minimum absolute atomic E-state index is 0.163. The van der Waals surface area contributed by atoms with Gasteiger partial charge in [0, 0.05) is 51.3 Å². The van der Waals surface area contributed by atoms with Crippen LogP contribution in [0.3, 0.4) is 0 Å². The molecule has 2 fully saturated rings. The van der Waals surface area contributed by atoms with Crippen LogP contribution in [0.5, 0.6) is 0 Å².